The van der Waals surface area contributed by atoms with Gasteiger partial charge in [0.15, 0.2) is 0 Å². The van der Waals surface area contributed by atoms with Crippen molar-refractivity contribution in [2.75, 3.05) is 5.32 Å². The Balaban J connectivity index is 1.63. The molecule has 4 nitrogen and oxygen atoms in total. The van der Waals surface area contributed by atoms with Gasteiger partial charge in [-0.3, -0.25) is 0 Å². The summed E-state index contributed by atoms with van der Waals surface area (Å²) >= 11 is 6.43. The van der Waals surface area contributed by atoms with E-state index in [2.05, 4.69) is 15.3 Å². The van der Waals surface area contributed by atoms with Crippen molar-refractivity contribution in [2.24, 2.45) is 0 Å². The third-order valence-electron chi connectivity index (χ3n) is 4.96. The summed E-state index contributed by atoms with van der Waals surface area (Å²) in [6.45, 7) is 0. The van der Waals surface area contributed by atoms with Gasteiger partial charge in [-0.1, -0.05) is 24.3 Å². The first-order valence-electron chi connectivity index (χ1n) is 9.03. The number of aryl methyl sites for hydroxylation is 1. The van der Waals surface area contributed by atoms with Crippen LogP contribution in [0.5, 0.6) is 0 Å². The van der Waals surface area contributed by atoms with Gasteiger partial charge in [0.2, 0.25) is 0 Å². The molecule has 29 heavy (non-hydrogen) atoms. The molecule has 150 valence electrons. The van der Waals surface area contributed by atoms with Crippen LogP contribution in [0.4, 0.5) is 24.7 Å². The van der Waals surface area contributed by atoms with Crippen molar-refractivity contribution in [3.05, 3.63) is 71.5 Å². The van der Waals surface area contributed by atoms with Crippen molar-refractivity contribution in [3.63, 3.8) is 0 Å². The van der Waals surface area contributed by atoms with E-state index >= 15 is 0 Å². The third kappa shape index (κ3) is 4.06. The van der Waals surface area contributed by atoms with E-state index in [0.29, 0.717) is 23.5 Å². The van der Waals surface area contributed by atoms with E-state index in [1.54, 1.807) is 6.07 Å². The van der Waals surface area contributed by atoms with Crippen LogP contribution < -0.4 is 5.32 Å². The number of alkyl halides is 4. The molecule has 0 spiro atoms. The Labute approximate surface area is 170 Å². The van der Waals surface area contributed by atoms with E-state index in [4.69, 9.17) is 11.6 Å². The Morgan fingerprint density at radius 1 is 1.07 bits per heavy atom. The molecule has 2 aromatic carbocycles. The van der Waals surface area contributed by atoms with Crippen molar-refractivity contribution >= 4 is 23.1 Å². The van der Waals surface area contributed by atoms with Crippen LogP contribution in [0.1, 0.15) is 28.5 Å². The fourth-order valence-corrected chi connectivity index (χ4v) is 3.84. The van der Waals surface area contributed by atoms with E-state index in [0.717, 1.165) is 35.4 Å². The molecule has 2 atom stereocenters. The fourth-order valence-electron chi connectivity index (χ4n) is 3.46. The summed E-state index contributed by atoms with van der Waals surface area (Å²) in [5.41, 5.74) is 2.96. The topological polar surface area (TPSA) is 58.0 Å². The lowest BCUT2D eigenvalue weighted by Crippen LogP contribution is -2.22. The normalized spacial score (nSPS) is 18.9. The van der Waals surface area contributed by atoms with Crippen molar-refractivity contribution in [3.8, 4) is 11.3 Å². The largest absolute Gasteiger partial charge is 0.416 e. The molecular weight excluding hydrogens is 403 g/mol. The first-order valence-corrected chi connectivity index (χ1v) is 9.47. The highest BCUT2D eigenvalue weighted by atomic mass is 35.5. The SMILES string of the molecule is OC1CCc2cccc(Nc3cc(-c4ccc(C(F)(F)F)cc4)ncn3)c2C1Cl. The van der Waals surface area contributed by atoms with Crippen LogP contribution in [-0.2, 0) is 12.6 Å². The van der Waals surface area contributed by atoms with Crippen LogP contribution in [0.2, 0.25) is 0 Å². The first-order chi connectivity index (χ1) is 13.8. The Morgan fingerprint density at radius 2 is 1.83 bits per heavy atom. The van der Waals surface area contributed by atoms with E-state index in [1.807, 2.05) is 18.2 Å². The summed E-state index contributed by atoms with van der Waals surface area (Å²) < 4.78 is 38.3. The van der Waals surface area contributed by atoms with Gasteiger partial charge in [0.25, 0.3) is 0 Å². The minimum Gasteiger partial charge on any atom is -0.391 e. The smallest absolute Gasteiger partial charge is 0.391 e. The number of nitrogens with zero attached hydrogens (tertiary/aromatic N) is 2. The molecule has 0 aliphatic heterocycles. The number of anilines is 2. The van der Waals surface area contributed by atoms with Crippen LogP contribution in [0.15, 0.2) is 54.9 Å². The molecule has 1 aromatic heterocycles. The molecule has 2 unspecified atom stereocenters. The Hall–Kier alpha value is -2.64. The van der Waals surface area contributed by atoms with Crippen LogP contribution >= 0.6 is 11.6 Å². The molecule has 0 radical (unpaired) electrons. The second-order valence-electron chi connectivity index (χ2n) is 6.87. The van der Waals surface area contributed by atoms with Crippen LogP contribution in [0.25, 0.3) is 11.3 Å². The van der Waals surface area contributed by atoms with Gasteiger partial charge < -0.3 is 10.4 Å². The minimum atomic E-state index is -4.38. The van der Waals surface area contributed by atoms with Crippen LogP contribution in [0.3, 0.4) is 0 Å². The lowest BCUT2D eigenvalue weighted by molar-refractivity contribution is -0.137. The number of benzene rings is 2. The van der Waals surface area contributed by atoms with E-state index in [1.165, 1.54) is 18.5 Å². The molecule has 1 aliphatic carbocycles. The molecule has 1 aliphatic rings. The lowest BCUT2D eigenvalue weighted by atomic mass is 9.88. The van der Waals surface area contributed by atoms with Gasteiger partial charge in [0.05, 0.1) is 22.7 Å². The zero-order valence-corrected chi connectivity index (χ0v) is 15.9. The zero-order valence-electron chi connectivity index (χ0n) is 15.1. The minimum absolute atomic E-state index is 0.479. The molecular formula is C21H17ClF3N3O. The quantitative estimate of drug-likeness (QED) is 0.551. The molecule has 1 heterocycles. The number of hydrogen-bond acceptors (Lipinski definition) is 4. The standard InChI is InChI=1S/C21H17ClF3N3O/c22-20-17(29)9-6-13-2-1-3-15(19(13)20)28-18-10-16(26-11-27-18)12-4-7-14(8-5-12)21(23,24)25/h1-5,7-8,10-11,17,20,29H,6,9H2,(H,26,27,28). The van der Waals surface area contributed by atoms with Gasteiger partial charge >= 0.3 is 6.18 Å². The summed E-state index contributed by atoms with van der Waals surface area (Å²) in [7, 11) is 0. The number of nitrogens with one attached hydrogen (secondary N) is 1. The predicted molar refractivity (Wildman–Crippen MR) is 105 cm³/mol. The molecule has 4 rings (SSSR count). The molecule has 8 heteroatoms. The summed E-state index contributed by atoms with van der Waals surface area (Å²) in [6.07, 6.45) is -2.32. The molecule has 0 amide bonds. The molecule has 2 N–H and O–H groups in total. The Bertz CT molecular complexity index is 1020. The zero-order chi connectivity index (χ0) is 20.6. The monoisotopic (exact) mass is 419 g/mol. The number of halogens is 4. The average molecular weight is 420 g/mol. The summed E-state index contributed by atoms with van der Waals surface area (Å²) in [6, 6.07) is 12.2. The summed E-state index contributed by atoms with van der Waals surface area (Å²) in [5, 5.41) is 12.8. The number of aromatic nitrogens is 2. The lowest BCUT2D eigenvalue weighted by Gasteiger charge is -2.28. The highest BCUT2D eigenvalue weighted by Gasteiger charge is 2.30. The average Bonchev–Trinajstić information content (AvgIpc) is 2.70. The predicted octanol–water partition coefficient (Wildman–Crippen LogP) is 5.49. The number of hydrogen-bond donors (Lipinski definition) is 2. The maximum atomic E-state index is 12.8. The molecule has 0 saturated carbocycles. The second-order valence-corrected chi connectivity index (χ2v) is 7.34. The summed E-state index contributed by atoms with van der Waals surface area (Å²) in [4.78, 5) is 8.36. The van der Waals surface area contributed by atoms with E-state index in [-0.39, 0.29) is 0 Å². The van der Waals surface area contributed by atoms with E-state index < -0.39 is 23.2 Å². The van der Waals surface area contributed by atoms with Gasteiger partial charge in [-0.25, -0.2) is 9.97 Å². The van der Waals surface area contributed by atoms with Gasteiger partial charge in [0, 0.05) is 17.3 Å². The highest BCUT2D eigenvalue weighted by Crippen LogP contribution is 2.40. The molecule has 3 aromatic rings. The van der Waals surface area contributed by atoms with Gasteiger partial charge in [-0.15, -0.1) is 11.6 Å². The highest BCUT2D eigenvalue weighted by molar-refractivity contribution is 6.22. The van der Waals surface area contributed by atoms with Crippen molar-refractivity contribution in [1.29, 1.82) is 0 Å². The van der Waals surface area contributed by atoms with Crippen LogP contribution in [-0.4, -0.2) is 21.2 Å². The second kappa shape index (κ2) is 7.65. The Kier molecular flexibility index (Phi) is 5.19. The van der Waals surface area contributed by atoms with Crippen molar-refractivity contribution < 1.29 is 18.3 Å². The fraction of sp³-hybridized carbons (Fsp3) is 0.238. The molecule has 0 fully saturated rings. The van der Waals surface area contributed by atoms with Gasteiger partial charge in [0.1, 0.15) is 12.1 Å². The van der Waals surface area contributed by atoms with Gasteiger partial charge in [-0.05, 0) is 42.2 Å². The number of fused-ring (bicyclic) bond motifs is 1. The molecule has 0 saturated heterocycles. The molecule has 0 bridgehead atoms. The first kappa shape index (κ1) is 19.7. The number of rotatable bonds is 3. The van der Waals surface area contributed by atoms with Gasteiger partial charge in [-0.2, -0.15) is 13.2 Å². The number of aliphatic hydroxyl groups is 1. The Morgan fingerprint density at radius 3 is 2.55 bits per heavy atom. The van der Waals surface area contributed by atoms with Crippen LogP contribution in [0, 0.1) is 0 Å². The number of aliphatic hydroxyl groups excluding tert-OH is 1. The maximum Gasteiger partial charge on any atom is 0.416 e. The van der Waals surface area contributed by atoms with E-state index in [9.17, 15) is 18.3 Å². The summed E-state index contributed by atoms with van der Waals surface area (Å²) in [5.74, 6) is 0.479. The third-order valence-corrected chi connectivity index (χ3v) is 5.47. The van der Waals surface area contributed by atoms with Crippen molar-refractivity contribution in [2.45, 2.75) is 30.5 Å². The maximum absolute atomic E-state index is 12.8. The van der Waals surface area contributed by atoms with Crippen molar-refractivity contribution in [1.82, 2.24) is 9.97 Å².